The van der Waals surface area contributed by atoms with E-state index in [1.54, 1.807) is 7.11 Å². The monoisotopic (exact) mass is 287 g/mol. The van der Waals surface area contributed by atoms with Crippen LogP contribution in [0.4, 0.5) is 0 Å². The average Bonchev–Trinajstić information content (AvgIpc) is 2.53. The molecule has 1 fully saturated rings. The van der Waals surface area contributed by atoms with Gasteiger partial charge in [0.25, 0.3) is 0 Å². The highest BCUT2D eigenvalue weighted by Crippen LogP contribution is 2.19. The maximum atomic E-state index is 8.99. The normalized spacial score (nSPS) is 17.2. The molecule has 1 atom stereocenters. The minimum absolute atomic E-state index is 0.463. The zero-order valence-electron chi connectivity index (χ0n) is 13.1. The first-order valence-corrected chi connectivity index (χ1v) is 7.75. The summed E-state index contributed by atoms with van der Waals surface area (Å²) in [6.07, 6.45) is 4.04. The highest BCUT2D eigenvalue weighted by Gasteiger charge is 2.13. The van der Waals surface area contributed by atoms with E-state index in [2.05, 4.69) is 23.2 Å². The van der Waals surface area contributed by atoms with E-state index in [4.69, 9.17) is 10.00 Å². The zero-order chi connectivity index (χ0) is 15.1. The summed E-state index contributed by atoms with van der Waals surface area (Å²) in [5.74, 6) is 0.653. The van der Waals surface area contributed by atoms with Gasteiger partial charge in [-0.05, 0) is 50.6 Å². The van der Waals surface area contributed by atoms with Gasteiger partial charge in [-0.2, -0.15) is 5.26 Å². The van der Waals surface area contributed by atoms with E-state index in [0.717, 1.165) is 18.7 Å². The Labute approximate surface area is 127 Å². The van der Waals surface area contributed by atoms with E-state index in [0.29, 0.717) is 17.4 Å². The predicted octanol–water partition coefficient (Wildman–Crippen LogP) is 2.53. The summed E-state index contributed by atoms with van der Waals surface area (Å²) in [5, 5.41) is 12.5. The van der Waals surface area contributed by atoms with Crippen LogP contribution in [0.2, 0.25) is 0 Å². The standard InChI is InChI=1S/C17H25N3O/c1-14(13-20-8-4-3-5-9-20)19-12-15-6-7-16(11-18)17(10-15)21-2/h6-7,10,14,19H,3-5,8-9,12-13H2,1-2H3. The third kappa shape index (κ3) is 4.73. The third-order valence-corrected chi connectivity index (χ3v) is 4.02. The SMILES string of the molecule is COc1cc(CNC(C)CN2CCCCC2)ccc1C#N. The molecule has 4 nitrogen and oxygen atoms in total. The van der Waals surface area contributed by atoms with Gasteiger partial charge in [-0.1, -0.05) is 12.5 Å². The summed E-state index contributed by atoms with van der Waals surface area (Å²) in [6.45, 7) is 6.60. The maximum Gasteiger partial charge on any atom is 0.136 e. The molecule has 0 amide bonds. The number of nitrogens with zero attached hydrogens (tertiary/aromatic N) is 2. The molecule has 1 aromatic carbocycles. The minimum atomic E-state index is 0.463. The van der Waals surface area contributed by atoms with Gasteiger partial charge in [0, 0.05) is 19.1 Å². The van der Waals surface area contributed by atoms with Gasteiger partial charge in [0.1, 0.15) is 11.8 Å². The fourth-order valence-electron chi connectivity index (χ4n) is 2.82. The Morgan fingerprint density at radius 2 is 2.10 bits per heavy atom. The summed E-state index contributed by atoms with van der Waals surface area (Å²) in [4.78, 5) is 2.54. The third-order valence-electron chi connectivity index (χ3n) is 4.02. The lowest BCUT2D eigenvalue weighted by molar-refractivity contribution is 0.209. The molecule has 0 aliphatic carbocycles. The molecule has 0 bridgehead atoms. The van der Waals surface area contributed by atoms with Gasteiger partial charge in [-0.15, -0.1) is 0 Å². The van der Waals surface area contributed by atoms with E-state index in [-0.39, 0.29) is 0 Å². The molecule has 21 heavy (non-hydrogen) atoms. The van der Waals surface area contributed by atoms with E-state index < -0.39 is 0 Å². The second kappa shape index (κ2) is 8.02. The van der Waals surface area contributed by atoms with Crippen molar-refractivity contribution in [2.45, 2.75) is 38.8 Å². The molecular weight excluding hydrogens is 262 g/mol. The quantitative estimate of drug-likeness (QED) is 0.873. The van der Waals surface area contributed by atoms with E-state index in [9.17, 15) is 0 Å². The molecule has 0 spiro atoms. The topological polar surface area (TPSA) is 48.3 Å². The highest BCUT2D eigenvalue weighted by molar-refractivity contribution is 5.45. The van der Waals surface area contributed by atoms with Crippen molar-refractivity contribution in [2.24, 2.45) is 0 Å². The van der Waals surface area contributed by atoms with Crippen molar-refractivity contribution < 1.29 is 4.74 Å². The Morgan fingerprint density at radius 1 is 1.33 bits per heavy atom. The molecule has 0 saturated carbocycles. The Kier molecular flexibility index (Phi) is 6.04. The van der Waals surface area contributed by atoms with Gasteiger partial charge >= 0.3 is 0 Å². The van der Waals surface area contributed by atoms with Crippen LogP contribution in [-0.4, -0.2) is 37.7 Å². The number of likely N-dealkylation sites (tertiary alicyclic amines) is 1. The zero-order valence-corrected chi connectivity index (χ0v) is 13.1. The second-order valence-electron chi connectivity index (χ2n) is 5.79. The predicted molar refractivity (Wildman–Crippen MR) is 84.3 cm³/mol. The van der Waals surface area contributed by atoms with Crippen molar-refractivity contribution in [3.63, 3.8) is 0 Å². The van der Waals surface area contributed by atoms with Crippen molar-refractivity contribution in [3.8, 4) is 11.8 Å². The Balaban J connectivity index is 1.83. The smallest absolute Gasteiger partial charge is 0.136 e. The Bertz CT molecular complexity index is 489. The summed E-state index contributed by atoms with van der Waals surface area (Å²) in [6, 6.07) is 8.36. The number of piperidine rings is 1. The molecule has 1 aromatic rings. The summed E-state index contributed by atoms with van der Waals surface area (Å²) in [7, 11) is 1.60. The maximum absolute atomic E-state index is 8.99. The average molecular weight is 287 g/mol. The lowest BCUT2D eigenvalue weighted by Gasteiger charge is -2.29. The number of ether oxygens (including phenoxy) is 1. The van der Waals surface area contributed by atoms with Crippen LogP contribution in [0.15, 0.2) is 18.2 Å². The lowest BCUT2D eigenvalue weighted by atomic mass is 10.1. The van der Waals surface area contributed by atoms with Crippen LogP contribution < -0.4 is 10.1 Å². The van der Waals surface area contributed by atoms with Crippen molar-refractivity contribution >= 4 is 0 Å². The first-order valence-electron chi connectivity index (χ1n) is 7.75. The van der Waals surface area contributed by atoms with Gasteiger partial charge in [-0.25, -0.2) is 0 Å². The molecule has 4 heteroatoms. The molecule has 2 rings (SSSR count). The van der Waals surface area contributed by atoms with Crippen molar-refractivity contribution in [1.29, 1.82) is 5.26 Å². The first kappa shape index (κ1) is 15.8. The lowest BCUT2D eigenvalue weighted by Crippen LogP contribution is -2.41. The molecule has 114 valence electrons. The molecule has 1 unspecified atom stereocenters. The number of methoxy groups -OCH3 is 1. The largest absolute Gasteiger partial charge is 0.495 e. The van der Waals surface area contributed by atoms with Crippen LogP contribution in [0.5, 0.6) is 5.75 Å². The Hall–Kier alpha value is -1.57. The summed E-state index contributed by atoms with van der Waals surface area (Å²) >= 11 is 0. The summed E-state index contributed by atoms with van der Waals surface area (Å²) < 4.78 is 5.25. The van der Waals surface area contributed by atoms with Crippen LogP contribution in [0, 0.1) is 11.3 Å². The number of hydrogen-bond acceptors (Lipinski definition) is 4. The molecule has 1 N–H and O–H groups in total. The van der Waals surface area contributed by atoms with Crippen LogP contribution in [-0.2, 0) is 6.54 Å². The first-order chi connectivity index (χ1) is 10.2. The van der Waals surface area contributed by atoms with E-state index >= 15 is 0 Å². The van der Waals surface area contributed by atoms with Gasteiger partial charge < -0.3 is 15.0 Å². The van der Waals surface area contributed by atoms with E-state index in [1.807, 2.05) is 18.2 Å². The Morgan fingerprint density at radius 3 is 2.76 bits per heavy atom. The van der Waals surface area contributed by atoms with Gasteiger partial charge in [-0.3, -0.25) is 0 Å². The van der Waals surface area contributed by atoms with Gasteiger partial charge in [0.2, 0.25) is 0 Å². The number of nitrogens with one attached hydrogen (secondary N) is 1. The molecule has 0 aromatic heterocycles. The summed E-state index contributed by atoms with van der Waals surface area (Å²) in [5.41, 5.74) is 1.74. The second-order valence-corrected chi connectivity index (χ2v) is 5.79. The number of hydrogen-bond donors (Lipinski definition) is 1. The van der Waals surface area contributed by atoms with Gasteiger partial charge in [0.15, 0.2) is 0 Å². The van der Waals surface area contributed by atoms with Gasteiger partial charge in [0.05, 0.1) is 12.7 Å². The molecular formula is C17H25N3O. The van der Waals surface area contributed by atoms with Crippen LogP contribution in [0.1, 0.15) is 37.3 Å². The van der Waals surface area contributed by atoms with Crippen LogP contribution in [0.3, 0.4) is 0 Å². The van der Waals surface area contributed by atoms with Crippen molar-refractivity contribution in [3.05, 3.63) is 29.3 Å². The molecule has 1 aliphatic rings. The van der Waals surface area contributed by atoms with Crippen LogP contribution >= 0.6 is 0 Å². The van der Waals surface area contributed by atoms with Crippen LogP contribution in [0.25, 0.3) is 0 Å². The number of benzene rings is 1. The van der Waals surface area contributed by atoms with E-state index in [1.165, 1.54) is 32.4 Å². The molecule has 1 aliphatic heterocycles. The fraction of sp³-hybridized carbons (Fsp3) is 0.588. The molecule has 1 saturated heterocycles. The number of nitriles is 1. The number of rotatable bonds is 6. The molecule has 1 heterocycles. The highest BCUT2D eigenvalue weighted by atomic mass is 16.5. The fourth-order valence-corrected chi connectivity index (χ4v) is 2.82. The molecule has 0 radical (unpaired) electrons. The van der Waals surface area contributed by atoms with Crippen molar-refractivity contribution in [2.75, 3.05) is 26.7 Å². The minimum Gasteiger partial charge on any atom is -0.495 e. The van der Waals surface area contributed by atoms with Crippen molar-refractivity contribution in [1.82, 2.24) is 10.2 Å².